The predicted octanol–water partition coefficient (Wildman–Crippen LogP) is 3.70. The number of fused-ring (bicyclic) bond motifs is 2. The summed E-state index contributed by atoms with van der Waals surface area (Å²) in [5.41, 5.74) is 0.898. The Hall–Kier alpha value is -4.88. The summed E-state index contributed by atoms with van der Waals surface area (Å²) >= 11 is 0. The molecule has 4 heterocycles. The number of para-hydroxylation sites is 1. The Bertz CT molecular complexity index is 1780. The number of hydrogen-bond acceptors (Lipinski definition) is 9. The average molecular weight is 713 g/mol. The first-order valence-corrected chi connectivity index (χ1v) is 18.2. The number of nitrogens with zero attached hydrogens (tertiary/aromatic N) is 5. The molecule has 3 saturated heterocycles. The molecule has 3 aliphatic rings. The molecule has 1 spiro atoms. The van der Waals surface area contributed by atoms with Crippen molar-refractivity contribution in [3.8, 4) is 0 Å². The summed E-state index contributed by atoms with van der Waals surface area (Å²) in [5, 5.41) is 20.9. The van der Waals surface area contributed by atoms with E-state index in [1.54, 1.807) is 33.6 Å². The van der Waals surface area contributed by atoms with Gasteiger partial charge in [0.25, 0.3) is 0 Å². The van der Waals surface area contributed by atoms with Crippen molar-refractivity contribution in [2.75, 3.05) is 19.7 Å². The summed E-state index contributed by atoms with van der Waals surface area (Å²) in [7, 11) is 0. The van der Waals surface area contributed by atoms with Crippen molar-refractivity contribution in [3.63, 3.8) is 0 Å². The van der Waals surface area contributed by atoms with Gasteiger partial charge in [-0.2, -0.15) is 0 Å². The summed E-state index contributed by atoms with van der Waals surface area (Å²) in [6, 6.07) is 15.1. The first-order valence-electron chi connectivity index (χ1n) is 18.2. The van der Waals surface area contributed by atoms with Crippen molar-refractivity contribution in [1.29, 1.82) is 0 Å². The highest BCUT2D eigenvalue weighted by Gasteiger charge is 2.75. The summed E-state index contributed by atoms with van der Waals surface area (Å²) in [6.07, 6.45) is 5.29. The number of aliphatic hydroxyl groups excluding tert-OH is 1. The van der Waals surface area contributed by atoms with Crippen LogP contribution in [0, 0.1) is 11.8 Å². The Morgan fingerprint density at radius 1 is 1.12 bits per heavy atom. The van der Waals surface area contributed by atoms with Gasteiger partial charge in [0.15, 0.2) is 0 Å². The zero-order valence-corrected chi connectivity index (χ0v) is 29.6. The number of amides is 3. The van der Waals surface area contributed by atoms with Crippen LogP contribution in [-0.4, -0.2) is 97.1 Å². The van der Waals surface area contributed by atoms with Crippen molar-refractivity contribution in [1.82, 2.24) is 30.1 Å². The van der Waals surface area contributed by atoms with Gasteiger partial charge in [-0.25, -0.2) is 4.68 Å². The normalized spacial score (nSPS) is 24.3. The second-order valence-electron chi connectivity index (χ2n) is 13.9. The Morgan fingerprint density at radius 2 is 1.88 bits per heavy atom. The van der Waals surface area contributed by atoms with E-state index in [0.29, 0.717) is 49.6 Å². The predicted molar refractivity (Wildman–Crippen MR) is 192 cm³/mol. The summed E-state index contributed by atoms with van der Waals surface area (Å²) in [6.45, 7) is 9.89. The molecule has 0 unspecified atom stereocenters. The molecular weight excluding hydrogens is 664 g/mol. The Morgan fingerprint density at radius 3 is 2.63 bits per heavy atom. The van der Waals surface area contributed by atoms with Gasteiger partial charge in [-0.1, -0.05) is 59.8 Å². The second kappa shape index (κ2) is 16.2. The third kappa shape index (κ3) is 7.11. The SMILES string of the molecule is C=CCCC(=O)N[C@H](C)[C@@H](OC(=O)[C@@H]1[C@@H]2CC[C@]3(O2)[C@H](C(=O)N(CC=C)Cn2nnc4ccccc42)N(CCCCCO)C(=O)[C@@H]13)c1ccccc1. The maximum absolute atomic E-state index is 14.8. The number of carbonyl (C=O) groups is 4. The minimum atomic E-state index is -1.24. The first-order chi connectivity index (χ1) is 25.2. The van der Waals surface area contributed by atoms with E-state index in [1.807, 2.05) is 54.6 Å². The van der Waals surface area contributed by atoms with Crippen LogP contribution in [0.5, 0.6) is 0 Å². The number of allylic oxidation sites excluding steroid dienone is 1. The number of ether oxygens (including phenoxy) is 2. The molecule has 3 amide bonds. The van der Waals surface area contributed by atoms with Crippen molar-refractivity contribution < 1.29 is 33.8 Å². The number of esters is 1. The Kier molecular flexibility index (Phi) is 11.5. The summed E-state index contributed by atoms with van der Waals surface area (Å²) in [5.74, 6) is -3.32. The minimum Gasteiger partial charge on any atom is -0.455 e. The molecule has 3 aromatic rings. The highest BCUT2D eigenvalue weighted by atomic mass is 16.6. The van der Waals surface area contributed by atoms with E-state index < -0.39 is 47.7 Å². The summed E-state index contributed by atoms with van der Waals surface area (Å²) in [4.78, 5) is 59.6. The molecule has 0 aliphatic carbocycles. The van der Waals surface area contributed by atoms with Crippen molar-refractivity contribution in [3.05, 3.63) is 85.5 Å². The molecule has 6 rings (SSSR count). The van der Waals surface area contributed by atoms with Crippen LogP contribution in [0.3, 0.4) is 0 Å². The molecule has 13 nitrogen and oxygen atoms in total. The van der Waals surface area contributed by atoms with Crippen LogP contribution in [0.25, 0.3) is 11.0 Å². The fourth-order valence-corrected chi connectivity index (χ4v) is 8.18. The molecule has 13 heteroatoms. The van der Waals surface area contributed by atoms with E-state index in [-0.39, 0.29) is 50.5 Å². The molecule has 0 radical (unpaired) electrons. The van der Waals surface area contributed by atoms with E-state index >= 15 is 0 Å². The number of likely N-dealkylation sites (tertiary alicyclic amines) is 1. The van der Waals surface area contributed by atoms with E-state index in [0.717, 1.165) is 5.52 Å². The first kappa shape index (κ1) is 36.9. The molecule has 3 fully saturated rings. The van der Waals surface area contributed by atoms with Crippen LogP contribution in [-0.2, 0) is 35.3 Å². The zero-order valence-electron chi connectivity index (χ0n) is 29.6. The fourth-order valence-electron chi connectivity index (χ4n) is 8.18. The smallest absolute Gasteiger partial charge is 0.313 e. The average Bonchev–Trinajstić information content (AvgIpc) is 3.91. The molecule has 52 heavy (non-hydrogen) atoms. The highest BCUT2D eigenvalue weighted by Crippen LogP contribution is 2.59. The maximum Gasteiger partial charge on any atom is 0.313 e. The number of nitrogens with one attached hydrogen (secondary N) is 1. The number of hydrogen-bond donors (Lipinski definition) is 2. The number of benzene rings is 2. The number of unbranched alkanes of at least 4 members (excludes halogenated alkanes) is 2. The maximum atomic E-state index is 14.8. The zero-order chi connectivity index (χ0) is 36.8. The van der Waals surface area contributed by atoms with Gasteiger partial charge in [0, 0.05) is 26.1 Å². The lowest BCUT2D eigenvalue weighted by atomic mass is 9.70. The van der Waals surface area contributed by atoms with E-state index in [1.165, 1.54) is 0 Å². The summed E-state index contributed by atoms with van der Waals surface area (Å²) < 4.78 is 14.6. The van der Waals surface area contributed by atoms with Crippen LogP contribution in [0.1, 0.15) is 63.5 Å². The number of aliphatic hydroxyl groups is 1. The molecule has 2 bridgehead atoms. The van der Waals surface area contributed by atoms with Crippen LogP contribution < -0.4 is 5.32 Å². The van der Waals surface area contributed by atoms with Crippen LogP contribution in [0.4, 0.5) is 0 Å². The number of carbonyl (C=O) groups excluding carboxylic acids is 4. The second-order valence-corrected chi connectivity index (χ2v) is 13.9. The minimum absolute atomic E-state index is 0.0241. The highest BCUT2D eigenvalue weighted by molar-refractivity contribution is 5.98. The lowest BCUT2D eigenvalue weighted by Gasteiger charge is -2.36. The molecule has 2 aromatic carbocycles. The molecular formula is C39H48N6O7. The monoisotopic (exact) mass is 712 g/mol. The number of rotatable bonds is 18. The van der Waals surface area contributed by atoms with Crippen molar-refractivity contribution in [2.24, 2.45) is 11.8 Å². The van der Waals surface area contributed by atoms with Crippen LogP contribution >= 0.6 is 0 Å². The van der Waals surface area contributed by atoms with Gasteiger partial charge in [0.1, 0.15) is 29.9 Å². The largest absolute Gasteiger partial charge is 0.455 e. The Labute approximate surface area is 303 Å². The topological polar surface area (TPSA) is 156 Å². The molecule has 1 aromatic heterocycles. The quantitative estimate of drug-likeness (QED) is 0.114. The standard InChI is InChI=1S/C39H48N6O7/c1-4-6-19-31(47)40-26(3)34(27-15-9-7-10-16-27)51-38(50)32-30-20-21-39(52-30)33(32)36(48)44(23-13-8-14-24-46)35(39)37(49)43(22-5-2)25-45-29-18-12-11-17-28(29)41-42-45/h4-5,7,9-12,15-18,26,30,32-35,46H,1-2,6,8,13-14,19-25H2,3H3,(H,40,47)/t26-,30+,32-,33-,34-,35+,39-/m1/s1. The van der Waals surface area contributed by atoms with Gasteiger partial charge in [0.2, 0.25) is 17.7 Å². The van der Waals surface area contributed by atoms with E-state index in [2.05, 4.69) is 28.8 Å². The fraction of sp³-hybridized carbons (Fsp3) is 0.487. The van der Waals surface area contributed by atoms with Gasteiger partial charge < -0.3 is 29.7 Å². The van der Waals surface area contributed by atoms with Crippen molar-refractivity contribution in [2.45, 2.75) is 88.4 Å². The van der Waals surface area contributed by atoms with Gasteiger partial charge in [-0.05, 0) is 63.1 Å². The molecule has 276 valence electrons. The Balaban J connectivity index is 1.30. The van der Waals surface area contributed by atoms with E-state index in [4.69, 9.17) is 9.47 Å². The molecule has 0 saturated carbocycles. The van der Waals surface area contributed by atoms with Gasteiger partial charge in [-0.3, -0.25) is 19.2 Å². The van der Waals surface area contributed by atoms with Crippen LogP contribution in [0.15, 0.2) is 79.9 Å². The molecule has 2 N–H and O–H groups in total. The third-order valence-electron chi connectivity index (χ3n) is 10.5. The van der Waals surface area contributed by atoms with Crippen LogP contribution in [0.2, 0.25) is 0 Å². The lowest BCUT2D eigenvalue weighted by molar-refractivity contribution is -0.162. The van der Waals surface area contributed by atoms with Gasteiger partial charge in [0.05, 0.1) is 29.5 Å². The number of aromatic nitrogens is 3. The van der Waals surface area contributed by atoms with Gasteiger partial charge in [-0.15, -0.1) is 18.3 Å². The lowest BCUT2D eigenvalue weighted by Crippen LogP contribution is -2.56. The molecule has 3 aliphatic heterocycles. The third-order valence-corrected chi connectivity index (χ3v) is 10.5. The van der Waals surface area contributed by atoms with E-state index in [9.17, 15) is 24.3 Å². The van der Waals surface area contributed by atoms with Gasteiger partial charge >= 0.3 is 5.97 Å². The molecule has 7 atom stereocenters. The van der Waals surface area contributed by atoms with Crippen molar-refractivity contribution >= 4 is 34.7 Å².